The Kier molecular flexibility index (Phi) is 9.85. The van der Waals surface area contributed by atoms with E-state index >= 15 is 0 Å². The van der Waals surface area contributed by atoms with Crippen molar-refractivity contribution in [2.24, 2.45) is 0 Å². The Hall–Kier alpha value is -3.24. The highest BCUT2D eigenvalue weighted by Gasteiger charge is 2.33. The van der Waals surface area contributed by atoms with Crippen molar-refractivity contribution in [1.29, 1.82) is 0 Å². The van der Waals surface area contributed by atoms with Crippen LogP contribution in [0.25, 0.3) is 11.1 Å². The van der Waals surface area contributed by atoms with Gasteiger partial charge in [-0.25, -0.2) is 0 Å². The minimum absolute atomic E-state index is 0.848. The molecule has 0 heterocycles. The summed E-state index contributed by atoms with van der Waals surface area (Å²) in [6.45, 7) is 13.3. The van der Waals surface area contributed by atoms with Gasteiger partial charge >= 0.3 is 0 Å². The minimum atomic E-state index is -1.00. The van der Waals surface area contributed by atoms with Crippen LogP contribution < -0.4 is 31.8 Å². The Balaban J connectivity index is 1.82. The molecule has 0 aliphatic carbocycles. The third-order valence-electron chi connectivity index (χ3n) is 9.30. The highest BCUT2D eigenvalue weighted by atomic mass is 35.5. The highest BCUT2D eigenvalue weighted by molar-refractivity contribution is 7.81. The lowest BCUT2D eigenvalue weighted by Crippen LogP contribution is -2.29. The number of hydrogen-bond donors (Lipinski definition) is 0. The van der Waals surface area contributed by atoms with Crippen molar-refractivity contribution in [2.75, 3.05) is 0 Å². The lowest BCUT2D eigenvalue weighted by Gasteiger charge is -2.32. The van der Waals surface area contributed by atoms with E-state index in [1.165, 1.54) is 65.2 Å². The molecular formula is C42H38Cl2P2. The molecule has 0 aliphatic rings. The summed E-state index contributed by atoms with van der Waals surface area (Å²) in [6.07, 6.45) is 0. The molecule has 0 nitrogen and oxygen atoms in total. The van der Waals surface area contributed by atoms with Gasteiger partial charge in [-0.05, 0) is 123 Å². The van der Waals surface area contributed by atoms with Gasteiger partial charge in [0.1, 0.15) is 0 Å². The molecule has 46 heavy (non-hydrogen) atoms. The lowest BCUT2D eigenvalue weighted by molar-refractivity contribution is 1.25. The predicted octanol–water partition coefficient (Wildman–Crippen LogP) is 10.0. The summed E-state index contributed by atoms with van der Waals surface area (Å²) in [7, 11) is -2.01. The molecule has 0 aliphatic heterocycles. The maximum atomic E-state index is 7.64. The van der Waals surface area contributed by atoms with E-state index in [2.05, 4.69) is 163 Å². The van der Waals surface area contributed by atoms with Crippen LogP contribution >= 0.6 is 39.0 Å². The van der Waals surface area contributed by atoms with Gasteiger partial charge in [-0.2, -0.15) is 0 Å². The highest BCUT2D eigenvalue weighted by Crippen LogP contribution is 2.48. The number of hydrogen-bond acceptors (Lipinski definition) is 0. The number of rotatable bonds is 7. The van der Waals surface area contributed by atoms with Gasteiger partial charge in [0.05, 0.1) is 10.0 Å². The molecule has 0 saturated carbocycles. The SMILES string of the molecule is Cc1c(C)c(Cl)c(P(c2ccccc2)c2ccccc2)c(-c2c(C)c(C)c(C)c(Cl)c2P(c2ccccc2)c2ccccc2)c1C. The fraction of sp³-hybridized carbons (Fsp3) is 0.143. The normalized spacial score (nSPS) is 11.4. The van der Waals surface area contributed by atoms with Crippen LogP contribution in [0.2, 0.25) is 10.0 Å². The molecule has 0 unspecified atom stereocenters. The second kappa shape index (κ2) is 13.9. The molecule has 0 amide bonds. The zero-order valence-corrected chi connectivity index (χ0v) is 30.5. The van der Waals surface area contributed by atoms with Crippen molar-refractivity contribution < 1.29 is 0 Å². The molecule has 0 fully saturated rings. The van der Waals surface area contributed by atoms with Crippen molar-refractivity contribution >= 4 is 70.9 Å². The van der Waals surface area contributed by atoms with Gasteiger partial charge in [0.15, 0.2) is 0 Å². The molecule has 0 saturated heterocycles. The van der Waals surface area contributed by atoms with E-state index in [9.17, 15) is 0 Å². The van der Waals surface area contributed by atoms with E-state index in [1.807, 2.05) is 0 Å². The summed E-state index contributed by atoms with van der Waals surface area (Å²) in [4.78, 5) is 0. The van der Waals surface area contributed by atoms with E-state index in [1.54, 1.807) is 0 Å². The Bertz CT molecular complexity index is 1780. The fourth-order valence-corrected chi connectivity index (χ4v) is 12.6. The number of halogens is 2. The molecule has 0 spiro atoms. The lowest BCUT2D eigenvalue weighted by atomic mass is 9.88. The molecule has 6 aromatic carbocycles. The smallest absolute Gasteiger partial charge is 0.0527 e. The largest absolute Gasteiger partial charge is 0.0833 e. The standard InChI is InChI=1S/C42H38Cl2P2/c1-27-29(3)37(41(39(43)31(27)5)45(33-19-11-7-12-20-33)34-21-13-8-14-22-34)38-30(4)28(2)32(6)40(44)42(38)46(35-23-15-9-16-24-35)36-25-17-10-18-26-36/h7-26H,1-6H3. The maximum absolute atomic E-state index is 7.64. The van der Waals surface area contributed by atoms with E-state index in [4.69, 9.17) is 23.2 Å². The van der Waals surface area contributed by atoms with Crippen molar-refractivity contribution in [3.63, 3.8) is 0 Å². The summed E-state index contributed by atoms with van der Waals surface area (Å²) in [6, 6.07) is 43.5. The van der Waals surface area contributed by atoms with Crippen molar-refractivity contribution in [2.45, 2.75) is 41.5 Å². The van der Waals surface area contributed by atoms with E-state index < -0.39 is 15.8 Å². The Morgan fingerprint density at radius 3 is 0.804 bits per heavy atom. The van der Waals surface area contributed by atoms with Crippen LogP contribution in [0.1, 0.15) is 33.4 Å². The van der Waals surface area contributed by atoms with Crippen LogP contribution in [0.3, 0.4) is 0 Å². The first kappa shape index (κ1) is 32.7. The first-order chi connectivity index (χ1) is 22.2. The summed E-state index contributed by atoms with van der Waals surface area (Å²) in [5, 5.41) is 9.20. The first-order valence-corrected chi connectivity index (χ1v) is 19.1. The third kappa shape index (κ3) is 5.87. The minimum Gasteiger partial charge on any atom is -0.0833 e. The second-order valence-electron chi connectivity index (χ2n) is 11.8. The van der Waals surface area contributed by atoms with E-state index in [0.717, 1.165) is 21.2 Å². The van der Waals surface area contributed by atoms with Gasteiger partial charge in [-0.1, -0.05) is 145 Å². The van der Waals surface area contributed by atoms with E-state index in [0.29, 0.717) is 0 Å². The van der Waals surface area contributed by atoms with Gasteiger partial charge in [-0.15, -0.1) is 0 Å². The van der Waals surface area contributed by atoms with Crippen molar-refractivity contribution in [3.05, 3.63) is 165 Å². The van der Waals surface area contributed by atoms with Crippen LogP contribution in [0.15, 0.2) is 121 Å². The molecular weight excluding hydrogens is 637 g/mol. The van der Waals surface area contributed by atoms with Gasteiger partial charge in [0.25, 0.3) is 0 Å². The van der Waals surface area contributed by atoms with Gasteiger partial charge in [0, 0.05) is 10.6 Å². The average Bonchev–Trinajstić information content (AvgIpc) is 3.10. The second-order valence-corrected chi connectivity index (χ2v) is 16.9. The molecule has 0 atom stereocenters. The topological polar surface area (TPSA) is 0 Å². The zero-order valence-electron chi connectivity index (χ0n) is 27.2. The number of benzene rings is 6. The summed E-state index contributed by atoms with van der Waals surface area (Å²) >= 11 is 15.3. The third-order valence-corrected chi connectivity index (χ3v) is 15.6. The van der Waals surface area contributed by atoms with Crippen LogP contribution in [-0.4, -0.2) is 0 Å². The molecule has 0 bridgehead atoms. The van der Waals surface area contributed by atoms with Gasteiger partial charge in [-0.3, -0.25) is 0 Å². The van der Waals surface area contributed by atoms with Crippen LogP contribution in [0.5, 0.6) is 0 Å². The Morgan fingerprint density at radius 2 is 0.565 bits per heavy atom. The van der Waals surface area contributed by atoms with E-state index in [-0.39, 0.29) is 0 Å². The zero-order chi connectivity index (χ0) is 32.5. The molecule has 230 valence electrons. The summed E-state index contributed by atoms with van der Waals surface area (Å²) < 4.78 is 0. The molecule has 6 rings (SSSR count). The first-order valence-electron chi connectivity index (χ1n) is 15.6. The Morgan fingerprint density at radius 1 is 0.326 bits per heavy atom. The molecule has 6 aromatic rings. The van der Waals surface area contributed by atoms with Gasteiger partial charge < -0.3 is 0 Å². The quantitative estimate of drug-likeness (QED) is 0.148. The predicted molar refractivity (Wildman–Crippen MR) is 208 cm³/mol. The molecule has 0 aromatic heterocycles. The van der Waals surface area contributed by atoms with Crippen LogP contribution in [-0.2, 0) is 0 Å². The molecule has 4 heteroatoms. The summed E-state index contributed by atoms with van der Waals surface area (Å²) in [5.74, 6) is 0. The molecule has 0 radical (unpaired) electrons. The maximum Gasteiger partial charge on any atom is 0.0527 e. The molecule has 0 N–H and O–H groups in total. The fourth-order valence-electron chi connectivity index (χ4n) is 6.35. The van der Waals surface area contributed by atoms with Crippen molar-refractivity contribution in [3.8, 4) is 11.1 Å². The van der Waals surface area contributed by atoms with Gasteiger partial charge in [0.2, 0.25) is 0 Å². The van der Waals surface area contributed by atoms with Crippen molar-refractivity contribution in [1.82, 2.24) is 0 Å². The average molecular weight is 676 g/mol. The van der Waals surface area contributed by atoms with Crippen LogP contribution in [0.4, 0.5) is 0 Å². The Labute approximate surface area is 287 Å². The monoisotopic (exact) mass is 674 g/mol. The summed E-state index contributed by atoms with van der Waals surface area (Å²) in [5.41, 5.74) is 9.70. The van der Waals surface area contributed by atoms with Crippen LogP contribution in [0, 0.1) is 41.5 Å².